The van der Waals surface area contributed by atoms with Crippen LogP contribution in [0.1, 0.15) is 24.0 Å². The van der Waals surface area contributed by atoms with Gasteiger partial charge in [-0.05, 0) is 30.7 Å². The van der Waals surface area contributed by atoms with Crippen LogP contribution in [0.5, 0.6) is 5.75 Å². The molecule has 0 atom stereocenters. The minimum absolute atomic E-state index is 0.00678. The number of amides is 1. The lowest BCUT2D eigenvalue weighted by Crippen LogP contribution is -2.25. The number of aromatic nitrogens is 1. The van der Waals surface area contributed by atoms with E-state index in [1.807, 2.05) is 24.4 Å². The summed E-state index contributed by atoms with van der Waals surface area (Å²) in [6, 6.07) is 7.19. The minimum Gasteiger partial charge on any atom is -0.486 e. The van der Waals surface area contributed by atoms with Crippen molar-refractivity contribution in [2.24, 2.45) is 0 Å². The number of carbonyl (C=O) groups is 1. The lowest BCUT2D eigenvalue weighted by atomic mass is 10.3. The molecule has 0 radical (unpaired) electrons. The van der Waals surface area contributed by atoms with Crippen molar-refractivity contribution in [1.82, 2.24) is 10.3 Å². The van der Waals surface area contributed by atoms with Gasteiger partial charge in [-0.3, -0.25) is 4.79 Å². The van der Waals surface area contributed by atoms with Crippen LogP contribution in [0.4, 0.5) is 0 Å². The molecular weight excluding hydrogens is 308 g/mol. The molecule has 2 rings (SSSR count). The highest BCUT2D eigenvalue weighted by Gasteiger charge is 2.07. The van der Waals surface area contributed by atoms with Gasteiger partial charge in [-0.25, -0.2) is 4.98 Å². The van der Waals surface area contributed by atoms with Gasteiger partial charge in [-0.15, -0.1) is 11.3 Å². The fourth-order valence-electron chi connectivity index (χ4n) is 1.66. The van der Waals surface area contributed by atoms with E-state index in [1.54, 1.807) is 12.1 Å². The molecular formula is C15H17ClN2O2S. The summed E-state index contributed by atoms with van der Waals surface area (Å²) in [5.41, 5.74) is 0.781. The third-order valence-electron chi connectivity index (χ3n) is 2.69. The normalized spacial score (nSPS) is 10.4. The second-order valence-corrected chi connectivity index (χ2v) is 5.88. The summed E-state index contributed by atoms with van der Waals surface area (Å²) in [4.78, 5) is 16.0. The lowest BCUT2D eigenvalue weighted by Gasteiger charge is -2.03. The average molecular weight is 325 g/mol. The Bertz CT molecular complexity index is 584. The Kier molecular flexibility index (Phi) is 6.02. The second-order valence-electron chi connectivity index (χ2n) is 4.50. The maximum absolute atomic E-state index is 11.6. The zero-order valence-corrected chi connectivity index (χ0v) is 13.3. The molecule has 0 unspecified atom stereocenters. The number of thiazole rings is 1. The predicted octanol–water partition coefficient (Wildman–Crippen LogP) is 3.44. The lowest BCUT2D eigenvalue weighted by molar-refractivity contribution is -0.120. The van der Waals surface area contributed by atoms with Crippen LogP contribution in [0.2, 0.25) is 5.02 Å². The van der Waals surface area contributed by atoms with Gasteiger partial charge in [-0.1, -0.05) is 18.5 Å². The monoisotopic (exact) mass is 324 g/mol. The van der Waals surface area contributed by atoms with E-state index in [-0.39, 0.29) is 5.91 Å². The molecule has 6 heteroatoms. The Hall–Kier alpha value is -1.59. The van der Waals surface area contributed by atoms with E-state index < -0.39 is 0 Å². The summed E-state index contributed by atoms with van der Waals surface area (Å²) in [5.74, 6) is 0.754. The number of rotatable bonds is 7. The van der Waals surface area contributed by atoms with E-state index in [2.05, 4.69) is 10.3 Å². The van der Waals surface area contributed by atoms with Gasteiger partial charge in [0, 0.05) is 16.9 Å². The van der Waals surface area contributed by atoms with Gasteiger partial charge >= 0.3 is 0 Å². The Morgan fingerprint density at radius 3 is 2.86 bits per heavy atom. The number of ether oxygens (including phenoxy) is 1. The Labute approximate surface area is 133 Å². The number of carbonyl (C=O) groups excluding carboxylic acids is 1. The molecule has 0 fully saturated rings. The van der Waals surface area contributed by atoms with Crippen molar-refractivity contribution in [3.05, 3.63) is 45.4 Å². The van der Waals surface area contributed by atoms with Crippen molar-refractivity contribution in [2.75, 3.05) is 6.54 Å². The van der Waals surface area contributed by atoms with Gasteiger partial charge in [0.05, 0.1) is 12.1 Å². The number of hydrogen-bond donors (Lipinski definition) is 1. The molecule has 21 heavy (non-hydrogen) atoms. The molecule has 1 N–H and O–H groups in total. The highest BCUT2D eigenvalue weighted by molar-refractivity contribution is 7.09. The van der Waals surface area contributed by atoms with Crippen LogP contribution >= 0.6 is 22.9 Å². The standard InChI is InChI=1S/C15H17ClN2O2S/c1-2-7-17-14(19)8-12-10-21-15(18-12)9-20-13-5-3-11(16)4-6-13/h3-6,10H,2,7-9H2,1H3,(H,17,19). The summed E-state index contributed by atoms with van der Waals surface area (Å²) >= 11 is 7.31. The molecule has 0 aliphatic carbocycles. The fourth-order valence-corrected chi connectivity index (χ4v) is 2.49. The minimum atomic E-state index is 0.00678. The molecule has 0 saturated carbocycles. The van der Waals surface area contributed by atoms with E-state index in [0.29, 0.717) is 24.6 Å². The molecule has 1 aromatic heterocycles. The second kappa shape index (κ2) is 8.00. The summed E-state index contributed by atoms with van der Waals surface area (Å²) in [6.45, 7) is 3.12. The Morgan fingerprint density at radius 1 is 1.38 bits per heavy atom. The van der Waals surface area contributed by atoms with Gasteiger partial charge in [0.15, 0.2) is 0 Å². The van der Waals surface area contributed by atoms with E-state index in [0.717, 1.165) is 22.9 Å². The highest BCUT2D eigenvalue weighted by atomic mass is 35.5. The molecule has 0 aliphatic heterocycles. The zero-order chi connectivity index (χ0) is 15.1. The summed E-state index contributed by atoms with van der Waals surface area (Å²) in [6.07, 6.45) is 1.25. The van der Waals surface area contributed by atoms with Crippen LogP contribution in [0.25, 0.3) is 0 Å². The first-order valence-electron chi connectivity index (χ1n) is 6.75. The first-order valence-corrected chi connectivity index (χ1v) is 8.01. The summed E-state index contributed by atoms with van der Waals surface area (Å²) in [7, 11) is 0. The van der Waals surface area contributed by atoms with Crippen LogP contribution in [0, 0.1) is 0 Å². The number of halogens is 1. The van der Waals surface area contributed by atoms with Crippen molar-refractivity contribution < 1.29 is 9.53 Å². The first kappa shape index (κ1) is 15.8. The molecule has 0 saturated heterocycles. The highest BCUT2D eigenvalue weighted by Crippen LogP contribution is 2.18. The van der Waals surface area contributed by atoms with Crippen molar-refractivity contribution in [1.29, 1.82) is 0 Å². The number of benzene rings is 1. The SMILES string of the molecule is CCCNC(=O)Cc1csc(COc2ccc(Cl)cc2)n1. The number of nitrogens with zero attached hydrogens (tertiary/aromatic N) is 1. The summed E-state index contributed by atoms with van der Waals surface area (Å²) in [5, 5.41) is 6.26. The van der Waals surface area contributed by atoms with Crippen molar-refractivity contribution in [3.8, 4) is 5.75 Å². The maximum Gasteiger partial charge on any atom is 0.226 e. The van der Waals surface area contributed by atoms with Crippen molar-refractivity contribution in [3.63, 3.8) is 0 Å². The molecule has 4 nitrogen and oxygen atoms in total. The van der Waals surface area contributed by atoms with E-state index in [4.69, 9.17) is 16.3 Å². The quantitative estimate of drug-likeness (QED) is 0.848. The third-order valence-corrected chi connectivity index (χ3v) is 3.81. The molecule has 0 aliphatic rings. The molecule has 0 bridgehead atoms. The molecule has 112 valence electrons. The molecule has 1 heterocycles. The van der Waals surface area contributed by atoms with E-state index in [1.165, 1.54) is 11.3 Å². The van der Waals surface area contributed by atoms with Crippen molar-refractivity contribution >= 4 is 28.8 Å². The van der Waals surface area contributed by atoms with Crippen LogP contribution in [0.3, 0.4) is 0 Å². The van der Waals surface area contributed by atoms with Crippen LogP contribution in [0.15, 0.2) is 29.6 Å². The smallest absolute Gasteiger partial charge is 0.226 e. The predicted molar refractivity (Wildman–Crippen MR) is 84.9 cm³/mol. The molecule has 2 aromatic rings. The topological polar surface area (TPSA) is 51.2 Å². The Balaban J connectivity index is 1.82. The van der Waals surface area contributed by atoms with Crippen LogP contribution in [-0.4, -0.2) is 17.4 Å². The first-order chi connectivity index (χ1) is 10.2. The molecule has 1 aromatic carbocycles. The van der Waals surface area contributed by atoms with E-state index >= 15 is 0 Å². The number of nitrogens with one attached hydrogen (secondary N) is 1. The Morgan fingerprint density at radius 2 is 2.14 bits per heavy atom. The largest absolute Gasteiger partial charge is 0.486 e. The van der Waals surface area contributed by atoms with Crippen LogP contribution < -0.4 is 10.1 Å². The molecule has 1 amide bonds. The summed E-state index contributed by atoms with van der Waals surface area (Å²) < 4.78 is 5.62. The maximum atomic E-state index is 11.6. The van der Waals surface area contributed by atoms with E-state index in [9.17, 15) is 4.79 Å². The molecule has 0 spiro atoms. The fraction of sp³-hybridized carbons (Fsp3) is 0.333. The van der Waals surface area contributed by atoms with Gasteiger partial charge in [0.25, 0.3) is 0 Å². The third kappa shape index (κ3) is 5.36. The number of hydrogen-bond acceptors (Lipinski definition) is 4. The van der Waals surface area contributed by atoms with Crippen molar-refractivity contribution in [2.45, 2.75) is 26.4 Å². The average Bonchev–Trinajstić information content (AvgIpc) is 2.92. The zero-order valence-electron chi connectivity index (χ0n) is 11.8. The van der Waals surface area contributed by atoms with Gasteiger partial charge in [-0.2, -0.15) is 0 Å². The van der Waals surface area contributed by atoms with Gasteiger partial charge < -0.3 is 10.1 Å². The van der Waals surface area contributed by atoms with Gasteiger partial charge in [0.2, 0.25) is 5.91 Å². The van der Waals surface area contributed by atoms with Gasteiger partial charge in [0.1, 0.15) is 17.4 Å². The van der Waals surface area contributed by atoms with Crippen LogP contribution in [-0.2, 0) is 17.8 Å².